The van der Waals surface area contributed by atoms with Crippen LogP contribution in [0.4, 0.5) is 9.59 Å². The van der Waals surface area contributed by atoms with E-state index in [2.05, 4.69) is 15.6 Å². The molecule has 1 saturated heterocycles. The second-order valence-corrected chi connectivity index (χ2v) is 5.35. The van der Waals surface area contributed by atoms with Crippen LogP contribution in [0.3, 0.4) is 0 Å². The summed E-state index contributed by atoms with van der Waals surface area (Å²) in [5, 5.41) is 5.67. The minimum absolute atomic E-state index is 0.0571. The number of aromatic nitrogens is 1. The predicted octanol–water partition coefficient (Wildman–Crippen LogP) is 1.42. The Morgan fingerprint density at radius 2 is 2.27 bits per heavy atom. The van der Waals surface area contributed by atoms with Gasteiger partial charge in [0.15, 0.2) is 0 Å². The largest absolute Gasteiger partial charge is 0.453 e. The van der Waals surface area contributed by atoms with Crippen molar-refractivity contribution in [2.75, 3.05) is 20.2 Å². The van der Waals surface area contributed by atoms with Gasteiger partial charge in [0.05, 0.1) is 19.3 Å². The number of rotatable bonds is 3. The molecule has 0 radical (unpaired) electrons. The lowest BCUT2D eigenvalue weighted by atomic mass is 10.1. The van der Waals surface area contributed by atoms with Crippen molar-refractivity contribution in [2.24, 2.45) is 0 Å². The Morgan fingerprint density at radius 3 is 3.00 bits per heavy atom. The zero-order valence-electron chi connectivity index (χ0n) is 13.0. The summed E-state index contributed by atoms with van der Waals surface area (Å²) in [6.07, 6.45) is 1.35. The van der Waals surface area contributed by atoms with Crippen molar-refractivity contribution in [3.8, 4) is 0 Å². The number of aryl methyl sites for hydroxylation is 1. The lowest BCUT2D eigenvalue weighted by molar-refractivity contribution is 0.108. The number of carbonyl (C=O) groups excluding carboxylic acids is 2. The normalized spacial score (nSPS) is 17.7. The highest BCUT2D eigenvalue weighted by molar-refractivity contribution is 5.74. The minimum Gasteiger partial charge on any atom is -0.453 e. The molecule has 1 aromatic heterocycles. The lowest BCUT2D eigenvalue weighted by Crippen LogP contribution is -2.51. The summed E-state index contributed by atoms with van der Waals surface area (Å²) in [6, 6.07) is 5.38. The average molecular weight is 306 g/mol. The van der Waals surface area contributed by atoms with Crippen LogP contribution in [0, 0.1) is 6.92 Å². The monoisotopic (exact) mass is 306 g/mol. The van der Waals surface area contributed by atoms with Crippen molar-refractivity contribution < 1.29 is 14.3 Å². The number of pyridine rings is 1. The van der Waals surface area contributed by atoms with Crippen LogP contribution in [0.25, 0.3) is 0 Å². The number of ether oxygens (including phenoxy) is 1. The van der Waals surface area contributed by atoms with Crippen LogP contribution in [0.5, 0.6) is 0 Å². The number of methoxy groups -OCH3 is 1. The number of nitrogens with one attached hydrogen (secondary N) is 2. The van der Waals surface area contributed by atoms with Crippen LogP contribution in [0.1, 0.15) is 24.2 Å². The maximum absolute atomic E-state index is 11.9. The molecule has 0 spiro atoms. The zero-order valence-corrected chi connectivity index (χ0v) is 13.0. The van der Waals surface area contributed by atoms with Crippen molar-refractivity contribution in [2.45, 2.75) is 32.4 Å². The zero-order chi connectivity index (χ0) is 15.9. The number of amides is 3. The van der Waals surface area contributed by atoms with E-state index in [0.29, 0.717) is 19.6 Å². The minimum atomic E-state index is -0.351. The Labute approximate surface area is 130 Å². The average Bonchev–Trinajstić information content (AvgIpc) is 2.52. The first-order valence-corrected chi connectivity index (χ1v) is 7.38. The van der Waals surface area contributed by atoms with Crippen LogP contribution in [-0.4, -0.2) is 48.2 Å². The molecule has 0 aliphatic carbocycles. The summed E-state index contributed by atoms with van der Waals surface area (Å²) in [7, 11) is 1.36. The van der Waals surface area contributed by atoms with Crippen LogP contribution in [0.15, 0.2) is 18.2 Å². The van der Waals surface area contributed by atoms with E-state index >= 15 is 0 Å². The highest BCUT2D eigenvalue weighted by Crippen LogP contribution is 2.11. The van der Waals surface area contributed by atoms with E-state index in [-0.39, 0.29) is 18.2 Å². The van der Waals surface area contributed by atoms with Crippen molar-refractivity contribution in [3.05, 3.63) is 29.6 Å². The van der Waals surface area contributed by atoms with Gasteiger partial charge in [-0.15, -0.1) is 0 Å². The van der Waals surface area contributed by atoms with Crippen molar-refractivity contribution in [1.82, 2.24) is 20.5 Å². The summed E-state index contributed by atoms with van der Waals surface area (Å²) >= 11 is 0. The third-order valence-corrected chi connectivity index (χ3v) is 3.57. The highest BCUT2D eigenvalue weighted by Gasteiger charge is 2.25. The standard InChI is InChI=1S/C15H22N4O3/c1-11-5-3-6-12(17-11)9-16-14(20)18-13-7-4-8-19(10-13)15(21)22-2/h3,5-6,13H,4,7-10H2,1-2H3,(H2,16,18,20). The first-order valence-electron chi connectivity index (χ1n) is 7.38. The smallest absolute Gasteiger partial charge is 0.409 e. The molecule has 1 fully saturated rings. The molecule has 0 aromatic carbocycles. The number of piperidine rings is 1. The molecular weight excluding hydrogens is 284 g/mol. The van der Waals surface area contributed by atoms with Gasteiger partial charge >= 0.3 is 12.1 Å². The predicted molar refractivity (Wildman–Crippen MR) is 81.3 cm³/mol. The van der Waals surface area contributed by atoms with Crippen LogP contribution in [-0.2, 0) is 11.3 Å². The topological polar surface area (TPSA) is 83.6 Å². The Morgan fingerprint density at radius 1 is 1.45 bits per heavy atom. The molecule has 1 aliphatic rings. The number of nitrogens with zero attached hydrogens (tertiary/aromatic N) is 2. The van der Waals surface area contributed by atoms with E-state index in [1.54, 1.807) is 4.90 Å². The van der Waals surface area contributed by atoms with Gasteiger partial charge in [-0.2, -0.15) is 0 Å². The van der Waals surface area contributed by atoms with E-state index in [1.165, 1.54) is 7.11 Å². The SMILES string of the molecule is COC(=O)N1CCCC(NC(=O)NCc2cccc(C)n2)C1. The molecule has 120 valence electrons. The summed E-state index contributed by atoms with van der Waals surface area (Å²) in [6.45, 7) is 3.43. The molecule has 0 bridgehead atoms. The fourth-order valence-corrected chi connectivity index (χ4v) is 2.50. The molecule has 1 atom stereocenters. The van der Waals surface area contributed by atoms with Gasteiger partial charge in [-0.05, 0) is 31.9 Å². The molecule has 1 unspecified atom stereocenters. The molecule has 3 amide bonds. The first kappa shape index (κ1) is 16.1. The van der Waals surface area contributed by atoms with Crippen LogP contribution in [0.2, 0.25) is 0 Å². The summed E-state index contributed by atoms with van der Waals surface area (Å²) in [4.78, 5) is 29.4. The number of carbonyl (C=O) groups is 2. The van der Waals surface area contributed by atoms with Crippen molar-refractivity contribution in [1.29, 1.82) is 0 Å². The molecule has 7 heteroatoms. The molecular formula is C15H22N4O3. The maximum atomic E-state index is 11.9. The number of likely N-dealkylation sites (tertiary alicyclic amines) is 1. The van der Waals surface area contributed by atoms with Crippen molar-refractivity contribution >= 4 is 12.1 Å². The third-order valence-electron chi connectivity index (χ3n) is 3.57. The van der Waals surface area contributed by atoms with Gasteiger partial charge in [0.25, 0.3) is 0 Å². The van der Waals surface area contributed by atoms with Gasteiger partial charge in [0, 0.05) is 24.8 Å². The van der Waals surface area contributed by atoms with Gasteiger partial charge in [-0.1, -0.05) is 6.07 Å². The van der Waals surface area contributed by atoms with Crippen LogP contribution >= 0.6 is 0 Å². The highest BCUT2D eigenvalue weighted by atomic mass is 16.5. The molecule has 1 aromatic rings. The Balaban J connectivity index is 1.78. The summed E-state index contributed by atoms with van der Waals surface area (Å²) < 4.78 is 4.71. The fraction of sp³-hybridized carbons (Fsp3) is 0.533. The fourth-order valence-electron chi connectivity index (χ4n) is 2.50. The van der Waals surface area contributed by atoms with E-state index in [0.717, 1.165) is 24.2 Å². The summed E-state index contributed by atoms with van der Waals surface area (Å²) in [5.74, 6) is 0. The molecule has 2 N–H and O–H groups in total. The Hall–Kier alpha value is -2.31. The Kier molecular flexibility index (Phi) is 5.57. The number of hydrogen-bond acceptors (Lipinski definition) is 4. The molecule has 7 nitrogen and oxygen atoms in total. The maximum Gasteiger partial charge on any atom is 0.409 e. The van der Waals surface area contributed by atoms with Gasteiger partial charge in [-0.25, -0.2) is 9.59 Å². The molecule has 2 rings (SSSR count). The van der Waals surface area contributed by atoms with Gasteiger partial charge in [0.2, 0.25) is 0 Å². The van der Waals surface area contributed by atoms with E-state index < -0.39 is 0 Å². The quantitative estimate of drug-likeness (QED) is 0.884. The summed E-state index contributed by atoms with van der Waals surface area (Å²) in [5.41, 5.74) is 1.73. The number of hydrogen-bond donors (Lipinski definition) is 2. The first-order chi connectivity index (χ1) is 10.6. The molecule has 2 heterocycles. The third kappa shape index (κ3) is 4.61. The van der Waals surface area contributed by atoms with Gasteiger partial charge in [-0.3, -0.25) is 4.98 Å². The second kappa shape index (κ2) is 7.63. The van der Waals surface area contributed by atoms with Crippen molar-refractivity contribution in [3.63, 3.8) is 0 Å². The number of urea groups is 1. The van der Waals surface area contributed by atoms with Gasteiger partial charge in [0.1, 0.15) is 0 Å². The molecule has 22 heavy (non-hydrogen) atoms. The second-order valence-electron chi connectivity index (χ2n) is 5.35. The molecule has 1 aliphatic heterocycles. The van der Waals surface area contributed by atoms with E-state index in [9.17, 15) is 9.59 Å². The Bertz CT molecular complexity index is 535. The van der Waals surface area contributed by atoms with Gasteiger partial charge < -0.3 is 20.3 Å². The lowest BCUT2D eigenvalue weighted by Gasteiger charge is -2.32. The van der Waals surface area contributed by atoms with E-state index in [1.807, 2.05) is 25.1 Å². The van der Waals surface area contributed by atoms with Crippen LogP contribution < -0.4 is 10.6 Å². The van der Waals surface area contributed by atoms with E-state index in [4.69, 9.17) is 4.74 Å². The molecule has 0 saturated carbocycles.